The van der Waals surface area contributed by atoms with E-state index in [1.807, 2.05) is 0 Å². The smallest absolute Gasteiger partial charge is 0.254 e. The molecule has 1 saturated heterocycles. The molecule has 70 valence electrons. The summed E-state index contributed by atoms with van der Waals surface area (Å²) in [5, 5.41) is 10.2. The fraction of sp³-hybridized carbons (Fsp3) is 0.889. The van der Waals surface area contributed by atoms with Crippen LogP contribution in [0, 0.1) is 5.41 Å². The Kier molecular flexibility index (Phi) is 1.22. The molecule has 0 unspecified atom stereocenters. The van der Waals surface area contributed by atoms with E-state index in [9.17, 15) is 9.90 Å². The van der Waals surface area contributed by atoms with Crippen LogP contribution in [0.25, 0.3) is 0 Å². The van der Waals surface area contributed by atoms with E-state index in [0.29, 0.717) is 0 Å². The molecule has 0 bridgehead atoms. The third kappa shape index (κ3) is 1.12. The predicted molar refractivity (Wildman–Crippen MR) is 46.7 cm³/mol. The average molecular weight is 174 g/mol. The SMILES string of the molecule is [2H]C([2H])([2H])N1CC[C@@](O)(C(C)(C)C)C1=O. The summed E-state index contributed by atoms with van der Waals surface area (Å²) in [5.74, 6) is -0.685. The van der Waals surface area contributed by atoms with Crippen molar-refractivity contribution in [2.45, 2.75) is 32.8 Å². The van der Waals surface area contributed by atoms with Crippen molar-refractivity contribution in [1.82, 2.24) is 4.90 Å². The van der Waals surface area contributed by atoms with Gasteiger partial charge in [-0.1, -0.05) is 20.8 Å². The largest absolute Gasteiger partial charge is 0.379 e. The van der Waals surface area contributed by atoms with E-state index in [-0.39, 0.29) is 13.0 Å². The summed E-state index contributed by atoms with van der Waals surface area (Å²) in [6, 6.07) is 0. The molecule has 0 radical (unpaired) electrons. The molecule has 0 spiro atoms. The lowest BCUT2D eigenvalue weighted by molar-refractivity contribution is -0.152. The maximum absolute atomic E-state index is 11.8. The van der Waals surface area contributed by atoms with Crippen LogP contribution >= 0.6 is 0 Å². The van der Waals surface area contributed by atoms with Crippen molar-refractivity contribution in [3.63, 3.8) is 0 Å². The number of nitrogens with zero attached hydrogens (tertiary/aromatic N) is 1. The van der Waals surface area contributed by atoms with Crippen molar-refractivity contribution in [3.05, 3.63) is 0 Å². The zero-order valence-electron chi connectivity index (χ0n) is 10.7. The fourth-order valence-electron chi connectivity index (χ4n) is 1.40. The molecule has 1 N–H and O–H groups in total. The van der Waals surface area contributed by atoms with Gasteiger partial charge in [-0.05, 0) is 5.41 Å². The van der Waals surface area contributed by atoms with Crippen LogP contribution in [0.15, 0.2) is 0 Å². The minimum atomic E-state index is -2.45. The maximum atomic E-state index is 11.8. The molecule has 1 aliphatic heterocycles. The Bertz CT molecular complexity index is 282. The van der Waals surface area contributed by atoms with Crippen LogP contribution in [0.2, 0.25) is 0 Å². The third-order valence-electron chi connectivity index (χ3n) is 2.54. The van der Waals surface area contributed by atoms with E-state index in [1.165, 1.54) is 0 Å². The summed E-state index contributed by atoms with van der Waals surface area (Å²) in [6.45, 7) is 2.83. The molecule has 3 heteroatoms. The van der Waals surface area contributed by atoms with Crippen LogP contribution < -0.4 is 0 Å². The minimum absolute atomic E-state index is 0.0864. The molecule has 1 amide bonds. The van der Waals surface area contributed by atoms with Gasteiger partial charge >= 0.3 is 0 Å². The molecule has 1 atom stereocenters. The molecule has 1 aliphatic rings. The van der Waals surface area contributed by atoms with Gasteiger partial charge in [-0.15, -0.1) is 0 Å². The number of hydrogen-bond acceptors (Lipinski definition) is 2. The number of likely N-dealkylation sites (N-methyl/N-ethyl adjacent to an activating group) is 1. The van der Waals surface area contributed by atoms with Gasteiger partial charge in [-0.3, -0.25) is 4.79 Å². The van der Waals surface area contributed by atoms with E-state index in [4.69, 9.17) is 4.11 Å². The molecule has 1 fully saturated rings. The standard InChI is InChI=1S/C9H17NO2/c1-8(2,3)9(12)5-6-10(4)7(9)11/h12H,5-6H2,1-4H3/t9-/m0/s1/i4D3. The summed E-state index contributed by atoms with van der Waals surface area (Å²) < 4.78 is 21.5. The summed E-state index contributed by atoms with van der Waals surface area (Å²) in [5.41, 5.74) is -2.20. The molecule has 0 aromatic rings. The lowest BCUT2D eigenvalue weighted by atomic mass is 9.75. The molecule has 12 heavy (non-hydrogen) atoms. The third-order valence-corrected chi connectivity index (χ3v) is 2.54. The van der Waals surface area contributed by atoms with Crippen molar-refractivity contribution in [2.24, 2.45) is 5.41 Å². The highest BCUT2D eigenvalue weighted by Gasteiger charge is 2.51. The quantitative estimate of drug-likeness (QED) is 0.585. The summed E-state index contributed by atoms with van der Waals surface area (Å²) in [7, 11) is 0. The van der Waals surface area contributed by atoms with Gasteiger partial charge in [0.2, 0.25) is 0 Å². The molecule has 0 aromatic heterocycles. The Morgan fingerprint density at radius 2 is 2.25 bits per heavy atom. The number of carbonyl (C=O) groups excluding carboxylic acids is 1. The van der Waals surface area contributed by atoms with Crippen molar-refractivity contribution in [2.75, 3.05) is 13.5 Å². The number of rotatable bonds is 0. The molecular formula is C9H17NO2. The van der Waals surface area contributed by atoms with E-state index in [0.717, 1.165) is 4.90 Å². The lowest BCUT2D eigenvalue weighted by Gasteiger charge is -2.34. The minimum Gasteiger partial charge on any atom is -0.379 e. The van der Waals surface area contributed by atoms with Crippen LogP contribution in [-0.2, 0) is 4.79 Å². The summed E-state index contributed by atoms with van der Waals surface area (Å²) in [4.78, 5) is 12.6. The Hall–Kier alpha value is -0.570. The summed E-state index contributed by atoms with van der Waals surface area (Å²) in [6.07, 6.45) is 0.174. The highest BCUT2D eigenvalue weighted by atomic mass is 16.3. The Morgan fingerprint density at radius 1 is 1.67 bits per heavy atom. The second-order valence-electron chi connectivity index (χ2n) is 4.32. The molecule has 0 aliphatic carbocycles. The zero-order valence-corrected chi connectivity index (χ0v) is 7.72. The average Bonchev–Trinajstić information content (AvgIpc) is 2.27. The first kappa shape index (κ1) is 5.97. The second-order valence-corrected chi connectivity index (χ2v) is 4.32. The highest BCUT2D eigenvalue weighted by Crippen LogP contribution is 2.38. The van der Waals surface area contributed by atoms with Gasteiger partial charge in [-0.25, -0.2) is 0 Å². The molecule has 0 aromatic carbocycles. The van der Waals surface area contributed by atoms with E-state index in [1.54, 1.807) is 20.8 Å². The predicted octanol–water partition coefficient (Wildman–Crippen LogP) is 0.626. The zero-order chi connectivity index (χ0) is 12.1. The van der Waals surface area contributed by atoms with Gasteiger partial charge in [0.15, 0.2) is 0 Å². The Labute approximate surface area is 77.6 Å². The van der Waals surface area contributed by atoms with Crippen molar-refractivity contribution >= 4 is 5.91 Å². The first-order valence-corrected chi connectivity index (χ1v) is 4.04. The lowest BCUT2D eigenvalue weighted by Crippen LogP contribution is -2.49. The van der Waals surface area contributed by atoms with Crippen LogP contribution in [0.4, 0.5) is 0 Å². The van der Waals surface area contributed by atoms with Crippen LogP contribution in [0.1, 0.15) is 31.3 Å². The van der Waals surface area contributed by atoms with Gasteiger partial charge in [0.1, 0.15) is 5.60 Å². The monoisotopic (exact) mass is 174 g/mol. The van der Waals surface area contributed by atoms with Crippen molar-refractivity contribution in [1.29, 1.82) is 0 Å². The van der Waals surface area contributed by atoms with E-state index >= 15 is 0 Å². The Balaban J connectivity index is 3.00. The van der Waals surface area contributed by atoms with Crippen LogP contribution in [-0.4, -0.2) is 35.0 Å². The number of likely N-dealkylation sites (tertiary alicyclic amines) is 1. The molecule has 1 rings (SSSR count). The van der Waals surface area contributed by atoms with Crippen LogP contribution in [0.3, 0.4) is 0 Å². The highest BCUT2D eigenvalue weighted by molar-refractivity contribution is 5.87. The van der Waals surface area contributed by atoms with E-state index < -0.39 is 23.9 Å². The Morgan fingerprint density at radius 3 is 2.50 bits per heavy atom. The van der Waals surface area contributed by atoms with E-state index in [2.05, 4.69) is 0 Å². The van der Waals surface area contributed by atoms with Gasteiger partial charge in [0.25, 0.3) is 5.91 Å². The first-order chi connectivity index (χ1) is 6.50. The van der Waals surface area contributed by atoms with Gasteiger partial charge in [-0.2, -0.15) is 0 Å². The number of hydrogen-bond donors (Lipinski definition) is 1. The normalized spacial score (nSPS) is 36.2. The number of amides is 1. The fourth-order valence-corrected chi connectivity index (χ4v) is 1.40. The van der Waals surface area contributed by atoms with Crippen LogP contribution in [0.5, 0.6) is 0 Å². The molecule has 3 nitrogen and oxygen atoms in total. The molecular weight excluding hydrogens is 154 g/mol. The first-order valence-electron chi connectivity index (χ1n) is 5.54. The second kappa shape index (κ2) is 2.46. The maximum Gasteiger partial charge on any atom is 0.254 e. The molecule has 1 heterocycles. The topological polar surface area (TPSA) is 40.5 Å². The molecule has 0 saturated carbocycles. The van der Waals surface area contributed by atoms with Gasteiger partial charge in [0, 0.05) is 24.1 Å². The van der Waals surface area contributed by atoms with Gasteiger partial charge in [0.05, 0.1) is 0 Å². The van der Waals surface area contributed by atoms with Crippen molar-refractivity contribution in [3.8, 4) is 0 Å². The summed E-state index contributed by atoms with van der Waals surface area (Å²) >= 11 is 0. The van der Waals surface area contributed by atoms with Gasteiger partial charge < -0.3 is 10.0 Å². The van der Waals surface area contributed by atoms with Crippen molar-refractivity contribution < 1.29 is 14.0 Å². The number of aliphatic hydroxyl groups is 1. The number of carbonyl (C=O) groups is 1.